The van der Waals surface area contributed by atoms with Gasteiger partial charge in [-0.2, -0.15) is 0 Å². The molecule has 9 rings (SSSR count). The van der Waals surface area contributed by atoms with E-state index >= 15 is 0 Å². The molecule has 0 amide bonds. The van der Waals surface area contributed by atoms with E-state index in [1.165, 1.54) is 12.1 Å². The number of fused-ring (bicyclic) bond motifs is 20. The molecule has 0 spiro atoms. The number of carbonyl (C=O) groups is 1. The molecule has 44 heavy (non-hydrogen) atoms. The van der Waals surface area contributed by atoms with Crippen LogP contribution in [-0.2, 0) is 17.1 Å². The molecule has 0 aliphatic carbocycles. The van der Waals surface area contributed by atoms with Crippen molar-refractivity contribution in [1.29, 1.82) is 0 Å². The number of rotatable bonds is 1. The Morgan fingerprint density at radius 3 is 1.27 bits per heavy atom. The molecule has 2 aliphatic rings. The average Bonchev–Trinajstić information content (AvgIpc) is 3.76. The van der Waals surface area contributed by atoms with Gasteiger partial charge in [0.05, 0.1) is 29.3 Å². The molecule has 1 radical (unpaired) electrons. The molecule has 0 fully saturated rings. The number of nitrogens with zero attached hydrogens (tertiary/aromatic N) is 8. The third-order valence-electron chi connectivity index (χ3n) is 7.66. The maximum Gasteiger partial charge on any atom is 2.00 e. The number of carboxylic acid groups (broad SMARTS) is 1. The largest absolute Gasteiger partial charge is 2.00 e. The maximum atomic E-state index is 11.8. The normalized spacial score (nSPS) is 11.6. The van der Waals surface area contributed by atoms with Crippen LogP contribution in [0.1, 0.15) is 11.8 Å². The van der Waals surface area contributed by atoms with Crippen LogP contribution in [0.3, 0.4) is 0 Å². The minimum absolute atomic E-state index is 0. The maximum absolute atomic E-state index is 11.8. The van der Waals surface area contributed by atoms with Gasteiger partial charge in [0.2, 0.25) is 0 Å². The summed E-state index contributed by atoms with van der Waals surface area (Å²) in [5, 5.41) is 14.6. The Balaban J connectivity index is 0.00000163. The molecule has 3 aromatic heterocycles. The second kappa shape index (κ2) is 9.63. The van der Waals surface area contributed by atoms with Crippen LogP contribution in [0.15, 0.2) is 91.0 Å². The first kappa shape index (κ1) is 25.9. The van der Waals surface area contributed by atoms with Crippen molar-refractivity contribution in [1.82, 2.24) is 39.9 Å². The number of carboxylic acids is 1. The Kier molecular flexibility index (Phi) is 5.67. The number of hydrogen-bond acceptors (Lipinski definition) is 8. The number of carbonyl (C=O) groups excluding carboxylic acids is 1. The molecule has 11 heteroatoms. The monoisotopic (exact) mass is 619 g/mol. The summed E-state index contributed by atoms with van der Waals surface area (Å²) in [5.41, 5.74) is 4.77. The van der Waals surface area contributed by atoms with E-state index < -0.39 is 5.97 Å². The molecule has 0 N–H and O–H groups in total. The molecule has 0 unspecified atom stereocenters. The molecular formula is C33H16CuN8O2. The van der Waals surface area contributed by atoms with Gasteiger partial charge in [-0.05, 0) is 33.2 Å². The molecule has 8 bridgehead atoms. The zero-order chi connectivity index (χ0) is 28.7. The van der Waals surface area contributed by atoms with Crippen molar-refractivity contribution in [2.45, 2.75) is 0 Å². The van der Waals surface area contributed by atoms with Gasteiger partial charge in [-0.3, -0.25) is 0 Å². The third-order valence-corrected chi connectivity index (χ3v) is 7.66. The van der Waals surface area contributed by atoms with Crippen LogP contribution in [0.5, 0.6) is 0 Å². The zero-order valence-electron chi connectivity index (χ0n) is 23.4. The van der Waals surface area contributed by atoms with Crippen LogP contribution in [0.25, 0.3) is 89.7 Å². The van der Waals surface area contributed by atoms with Gasteiger partial charge in [0.15, 0.2) is 0 Å². The molecule has 0 saturated heterocycles. The Hall–Kier alpha value is -5.77. The number of benzene rings is 4. The van der Waals surface area contributed by atoms with Gasteiger partial charge >= 0.3 is 18.5 Å². The van der Waals surface area contributed by atoms with Gasteiger partial charge in [0.1, 0.15) is 0 Å². The van der Waals surface area contributed by atoms with Gasteiger partial charge in [-0.25, -0.2) is 9.97 Å². The van der Waals surface area contributed by atoms with Crippen LogP contribution in [-0.4, -0.2) is 35.9 Å². The van der Waals surface area contributed by atoms with Crippen molar-refractivity contribution in [3.05, 3.63) is 96.6 Å². The van der Waals surface area contributed by atoms with Gasteiger partial charge in [-0.1, -0.05) is 84.9 Å². The van der Waals surface area contributed by atoms with Crippen molar-refractivity contribution >= 4 is 50.1 Å². The smallest absolute Gasteiger partial charge is 0.545 e. The summed E-state index contributed by atoms with van der Waals surface area (Å²) in [6, 6.07) is 27.8. The van der Waals surface area contributed by atoms with Gasteiger partial charge in [0, 0.05) is 44.8 Å². The van der Waals surface area contributed by atoms with Crippen LogP contribution >= 0.6 is 0 Å². The first-order chi connectivity index (χ1) is 21.1. The summed E-state index contributed by atoms with van der Waals surface area (Å²) >= 11 is 0. The Bertz CT molecular complexity index is 2520. The zero-order valence-corrected chi connectivity index (χ0v) is 23.3. The molecule has 211 valence electrons. The molecular weight excluding hydrogens is 604 g/mol. The number of aromatic carboxylic acids is 1. The third kappa shape index (κ3) is 3.84. The Morgan fingerprint density at radius 1 is 0.500 bits per heavy atom. The summed E-state index contributed by atoms with van der Waals surface area (Å²) in [4.78, 5) is 50.5. The van der Waals surface area contributed by atoms with Gasteiger partial charge in [0.25, 0.3) is 0 Å². The van der Waals surface area contributed by atoms with E-state index in [4.69, 9.17) is 39.9 Å². The minimum Gasteiger partial charge on any atom is -0.545 e. The quantitative estimate of drug-likeness (QED) is 0.239. The topological polar surface area (TPSA) is 146 Å². The molecule has 5 heterocycles. The van der Waals surface area contributed by atoms with Crippen molar-refractivity contribution in [2.24, 2.45) is 0 Å². The fourth-order valence-electron chi connectivity index (χ4n) is 5.64. The second-order valence-electron chi connectivity index (χ2n) is 10.2. The van der Waals surface area contributed by atoms with E-state index in [-0.39, 0.29) is 29.7 Å². The van der Waals surface area contributed by atoms with Crippen LogP contribution in [0.2, 0.25) is 0 Å². The van der Waals surface area contributed by atoms with Gasteiger partial charge < -0.3 is 39.8 Å². The predicted octanol–water partition coefficient (Wildman–Crippen LogP) is 4.60. The van der Waals surface area contributed by atoms with Crippen LogP contribution < -0.4 is 15.1 Å². The molecule has 4 aromatic carbocycles. The number of aromatic nitrogens is 8. The van der Waals surface area contributed by atoms with Crippen molar-refractivity contribution < 1.29 is 28.4 Å². The first-order valence-corrected chi connectivity index (χ1v) is 13.5. The van der Waals surface area contributed by atoms with Crippen molar-refractivity contribution in [2.75, 3.05) is 0 Å². The summed E-state index contributed by atoms with van der Waals surface area (Å²) < 4.78 is 0. The van der Waals surface area contributed by atoms with Crippen molar-refractivity contribution in [3.63, 3.8) is 0 Å². The number of hydrogen-bond donors (Lipinski definition) is 0. The summed E-state index contributed by atoms with van der Waals surface area (Å²) in [6.07, 6.45) is 0. The Labute approximate surface area is 259 Å². The van der Waals surface area contributed by atoms with E-state index in [1.54, 1.807) is 6.07 Å². The van der Waals surface area contributed by atoms with E-state index in [9.17, 15) is 9.90 Å². The fraction of sp³-hybridized carbons (Fsp3) is 0. The molecule has 10 nitrogen and oxygen atoms in total. The molecule has 7 aromatic rings. The summed E-state index contributed by atoms with van der Waals surface area (Å²) in [5.74, 6) is 0.442. The standard InChI is InChI=1S/C33H17N8O2.Cu/c42-33(43)16-13-14-23-24(15-16)32-40-30-22-12-6-5-11-21(22)28(38-30)36-26-18-8-2-1-7-17(18)25(34-26)35-27-19-9-3-4-10-20(19)29(37-27)39-31(23)41-32;/h1-15H,(H2-,34,35,36,37,38,39,40,41,42,43);/q-1;+2/p-1. The van der Waals surface area contributed by atoms with Crippen molar-refractivity contribution in [3.8, 4) is 45.6 Å². The second-order valence-corrected chi connectivity index (χ2v) is 10.2. The predicted molar refractivity (Wildman–Crippen MR) is 159 cm³/mol. The Morgan fingerprint density at radius 2 is 0.864 bits per heavy atom. The average molecular weight is 620 g/mol. The molecule has 0 saturated carbocycles. The summed E-state index contributed by atoms with van der Waals surface area (Å²) in [6.45, 7) is 0. The van der Waals surface area contributed by atoms with E-state index in [2.05, 4.69) is 0 Å². The van der Waals surface area contributed by atoms with E-state index in [1.807, 2.05) is 72.8 Å². The minimum atomic E-state index is -1.30. The van der Waals surface area contributed by atoms with Gasteiger partial charge in [-0.15, -0.1) is 0 Å². The molecule has 2 aliphatic heterocycles. The summed E-state index contributed by atoms with van der Waals surface area (Å²) in [7, 11) is 0. The van der Waals surface area contributed by atoms with Crippen LogP contribution in [0.4, 0.5) is 0 Å². The van der Waals surface area contributed by atoms with Crippen LogP contribution in [0, 0.1) is 0 Å². The SMILES string of the molecule is O=C([O-])c1ccc2c3nc4nc(nc5[n-]c(nc6nc(nc([n-]3)c2c1)-c1ccccc1-6)c1ccccc51)-c1ccccc1-4.[Cu+2].[H+]. The van der Waals surface area contributed by atoms with E-state index in [0.29, 0.717) is 51.0 Å². The molecule has 0 atom stereocenters. The first-order valence-electron chi connectivity index (χ1n) is 13.5. The van der Waals surface area contributed by atoms with E-state index in [0.717, 1.165) is 33.0 Å². The fourth-order valence-corrected chi connectivity index (χ4v) is 5.64.